The fourth-order valence-electron chi connectivity index (χ4n) is 5.52. The molecular formula is C35H40N6O3. The van der Waals surface area contributed by atoms with Gasteiger partial charge < -0.3 is 25.4 Å². The van der Waals surface area contributed by atoms with Crippen LogP contribution in [0.3, 0.4) is 0 Å². The molecule has 0 radical (unpaired) electrons. The number of rotatable bonds is 7. The minimum Gasteiger partial charge on any atom is -0.349 e. The molecule has 1 aliphatic rings. The van der Waals surface area contributed by atoms with E-state index in [9.17, 15) is 14.4 Å². The Morgan fingerprint density at radius 3 is 2.27 bits per heavy atom. The van der Waals surface area contributed by atoms with Crippen LogP contribution in [0.4, 0.5) is 17.2 Å². The van der Waals surface area contributed by atoms with E-state index in [1.807, 2.05) is 81.1 Å². The molecule has 2 amide bonds. The number of carbonyl (C=O) groups excluding carboxylic acids is 2. The Morgan fingerprint density at radius 2 is 1.61 bits per heavy atom. The number of hydrogen-bond acceptors (Lipinski definition) is 6. The Kier molecular flexibility index (Phi) is 8.96. The lowest BCUT2D eigenvalue weighted by molar-refractivity contribution is 0.0927. The van der Waals surface area contributed by atoms with Gasteiger partial charge in [-0.1, -0.05) is 30.3 Å². The number of aromatic nitrogens is 2. The van der Waals surface area contributed by atoms with Crippen LogP contribution in [0.25, 0.3) is 11.3 Å². The van der Waals surface area contributed by atoms with Crippen molar-refractivity contribution in [2.45, 2.75) is 52.1 Å². The van der Waals surface area contributed by atoms with Gasteiger partial charge in [-0.3, -0.25) is 14.4 Å². The summed E-state index contributed by atoms with van der Waals surface area (Å²) in [6, 6.07) is 22.2. The van der Waals surface area contributed by atoms with Crippen LogP contribution >= 0.6 is 0 Å². The van der Waals surface area contributed by atoms with Crippen molar-refractivity contribution in [3.8, 4) is 11.3 Å². The van der Waals surface area contributed by atoms with Crippen LogP contribution in [-0.2, 0) is 7.05 Å². The second-order valence-corrected chi connectivity index (χ2v) is 12.2. The van der Waals surface area contributed by atoms with Crippen LogP contribution in [0.5, 0.6) is 0 Å². The minimum atomic E-state index is -0.503. The summed E-state index contributed by atoms with van der Waals surface area (Å²) in [5, 5.41) is 9.54. The molecule has 0 aliphatic carbocycles. The molecule has 1 fully saturated rings. The van der Waals surface area contributed by atoms with Gasteiger partial charge in [0.1, 0.15) is 0 Å². The highest BCUT2D eigenvalue weighted by Crippen LogP contribution is 2.34. The first kappa shape index (κ1) is 30.7. The highest BCUT2D eigenvalue weighted by Gasteiger charge is 2.31. The van der Waals surface area contributed by atoms with Crippen molar-refractivity contribution in [3.05, 3.63) is 106 Å². The van der Waals surface area contributed by atoms with Crippen molar-refractivity contribution in [3.63, 3.8) is 0 Å². The molecule has 5 rings (SSSR count). The molecule has 0 spiro atoms. The summed E-state index contributed by atoms with van der Waals surface area (Å²) in [6.45, 7) is 9.80. The Hall–Kier alpha value is -4.76. The van der Waals surface area contributed by atoms with Crippen LogP contribution in [0.2, 0.25) is 0 Å². The molecule has 3 N–H and O–H groups in total. The smallest absolute Gasteiger partial charge is 0.293 e. The Labute approximate surface area is 258 Å². The number of amides is 2. The lowest BCUT2D eigenvalue weighted by Gasteiger charge is -2.37. The summed E-state index contributed by atoms with van der Waals surface area (Å²) in [7, 11) is 1.69. The van der Waals surface area contributed by atoms with Gasteiger partial charge in [-0.25, -0.2) is 4.98 Å². The number of aryl methyl sites for hydroxylation is 1. The predicted octanol–water partition coefficient (Wildman–Crippen LogP) is 5.43. The van der Waals surface area contributed by atoms with Gasteiger partial charge in [0, 0.05) is 52.9 Å². The third kappa shape index (κ3) is 6.73. The lowest BCUT2D eigenvalue weighted by Crippen LogP contribution is -2.46. The molecule has 228 valence electrons. The van der Waals surface area contributed by atoms with Gasteiger partial charge in [-0.05, 0) is 102 Å². The average molecular weight is 593 g/mol. The summed E-state index contributed by atoms with van der Waals surface area (Å²) in [4.78, 5) is 46.1. The number of piperidine rings is 1. The molecule has 1 aromatic heterocycles. The van der Waals surface area contributed by atoms with E-state index < -0.39 is 5.54 Å². The zero-order valence-electron chi connectivity index (χ0n) is 26.0. The van der Waals surface area contributed by atoms with Crippen LogP contribution in [-0.4, -0.2) is 46.0 Å². The Balaban J connectivity index is 1.43. The Bertz CT molecular complexity index is 1700. The standard InChI is InChI=1S/C35H40N6O3/c1-23-28(12-9-13-30(23)41(35(2,3)4)33(43)25-10-7-6-8-11-25)29-22-40(5)34(44)31(39-29)37-26-16-14-24(15-17-26)32(42)38-27-18-20-36-21-19-27/h6-17,22,27,36H,18-21H2,1-5H3,(H,37,39)(H,38,42). The molecular weight excluding hydrogens is 552 g/mol. The van der Waals surface area contributed by atoms with E-state index in [2.05, 4.69) is 16.0 Å². The molecule has 9 heteroatoms. The molecule has 3 aromatic carbocycles. The molecule has 4 aromatic rings. The number of benzene rings is 3. The van der Waals surface area contributed by atoms with E-state index in [0.717, 1.165) is 42.7 Å². The van der Waals surface area contributed by atoms with Gasteiger partial charge in [0.2, 0.25) is 0 Å². The van der Waals surface area contributed by atoms with Crippen LogP contribution < -0.4 is 26.4 Å². The average Bonchev–Trinajstić information content (AvgIpc) is 3.01. The van der Waals surface area contributed by atoms with E-state index in [1.54, 1.807) is 37.5 Å². The van der Waals surface area contributed by atoms with E-state index in [4.69, 9.17) is 4.98 Å². The minimum absolute atomic E-state index is 0.0954. The number of nitrogens with zero attached hydrogens (tertiary/aromatic N) is 3. The van der Waals surface area contributed by atoms with Crippen molar-refractivity contribution in [1.82, 2.24) is 20.2 Å². The molecule has 44 heavy (non-hydrogen) atoms. The molecule has 0 unspecified atom stereocenters. The van der Waals surface area contributed by atoms with Crippen molar-refractivity contribution in [1.29, 1.82) is 0 Å². The fourth-order valence-corrected chi connectivity index (χ4v) is 5.52. The molecule has 0 bridgehead atoms. The largest absolute Gasteiger partial charge is 0.349 e. The maximum atomic E-state index is 13.7. The van der Waals surface area contributed by atoms with Crippen molar-refractivity contribution in [2.75, 3.05) is 23.3 Å². The van der Waals surface area contributed by atoms with Gasteiger partial charge >= 0.3 is 0 Å². The van der Waals surface area contributed by atoms with Gasteiger partial charge in [0.15, 0.2) is 5.82 Å². The summed E-state index contributed by atoms with van der Waals surface area (Å²) in [6.07, 6.45) is 3.53. The van der Waals surface area contributed by atoms with Crippen LogP contribution in [0, 0.1) is 6.92 Å². The third-order valence-corrected chi connectivity index (χ3v) is 7.87. The van der Waals surface area contributed by atoms with Crippen LogP contribution in [0.15, 0.2) is 83.8 Å². The second kappa shape index (κ2) is 12.9. The highest BCUT2D eigenvalue weighted by atomic mass is 16.2. The first-order valence-electron chi connectivity index (χ1n) is 15.0. The molecule has 1 saturated heterocycles. The molecule has 2 heterocycles. The first-order chi connectivity index (χ1) is 21.0. The number of carbonyl (C=O) groups is 2. The van der Waals surface area contributed by atoms with Gasteiger partial charge in [0.05, 0.1) is 5.69 Å². The van der Waals surface area contributed by atoms with E-state index in [-0.39, 0.29) is 29.2 Å². The first-order valence-corrected chi connectivity index (χ1v) is 15.0. The van der Waals surface area contributed by atoms with Crippen LogP contribution in [0.1, 0.15) is 59.9 Å². The molecule has 9 nitrogen and oxygen atoms in total. The van der Waals surface area contributed by atoms with Gasteiger partial charge in [-0.2, -0.15) is 0 Å². The SMILES string of the molecule is Cc1c(-c2cn(C)c(=O)c(Nc3ccc(C(=O)NC4CCNCC4)cc3)n2)cccc1N(C(=O)c1ccccc1)C(C)(C)C. The third-order valence-electron chi connectivity index (χ3n) is 7.87. The van der Waals surface area contributed by atoms with E-state index in [0.29, 0.717) is 22.5 Å². The van der Waals surface area contributed by atoms with Crippen molar-refractivity contribution >= 4 is 29.0 Å². The second-order valence-electron chi connectivity index (χ2n) is 12.2. The molecule has 0 saturated carbocycles. The number of anilines is 3. The zero-order valence-corrected chi connectivity index (χ0v) is 26.0. The number of nitrogens with one attached hydrogen (secondary N) is 3. The number of hydrogen-bond donors (Lipinski definition) is 3. The summed E-state index contributed by atoms with van der Waals surface area (Å²) < 4.78 is 1.49. The monoisotopic (exact) mass is 592 g/mol. The fraction of sp³-hybridized carbons (Fsp3) is 0.314. The topological polar surface area (TPSA) is 108 Å². The zero-order chi connectivity index (χ0) is 31.4. The van der Waals surface area contributed by atoms with E-state index >= 15 is 0 Å². The normalized spacial score (nSPS) is 13.8. The predicted molar refractivity (Wildman–Crippen MR) is 176 cm³/mol. The summed E-state index contributed by atoms with van der Waals surface area (Å²) in [5.74, 6) is -0.0401. The van der Waals surface area contributed by atoms with Gasteiger partial charge in [0.25, 0.3) is 17.4 Å². The lowest BCUT2D eigenvalue weighted by atomic mass is 9.97. The highest BCUT2D eigenvalue weighted by molar-refractivity contribution is 6.07. The van der Waals surface area contributed by atoms with Crippen molar-refractivity contribution < 1.29 is 9.59 Å². The van der Waals surface area contributed by atoms with E-state index in [1.165, 1.54) is 4.57 Å². The molecule has 1 aliphatic heterocycles. The maximum absolute atomic E-state index is 13.7. The summed E-state index contributed by atoms with van der Waals surface area (Å²) >= 11 is 0. The maximum Gasteiger partial charge on any atom is 0.293 e. The van der Waals surface area contributed by atoms with Crippen molar-refractivity contribution in [2.24, 2.45) is 7.05 Å². The quantitative estimate of drug-likeness (QED) is 0.264. The summed E-state index contributed by atoms with van der Waals surface area (Å²) in [5.41, 5.74) is 4.05. The van der Waals surface area contributed by atoms with Gasteiger partial charge in [-0.15, -0.1) is 0 Å². The molecule has 0 atom stereocenters. The Morgan fingerprint density at radius 1 is 0.932 bits per heavy atom.